The fraction of sp³-hybridized carbons (Fsp3) is 0.400. The second kappa shape index (κ2) is 8.15. The van der Waals surface area contributed by atoms with Crippen LogP contribution in [0.5, 0.6) is 0 Å². The summed E-state index contributed by atoms with van der Waals surface area (Å²) in [7, 11) is 0. The molecule has 1 aromatic heterocycles. The number of carbonyl (C=O) groups is 1. The molecular formula is C20H23N5O5. The Bertz CT molecular complexity index is 939. The summed E-state index contributed by atoms with van der Waals surface area (Å²) < 4.78 is 5.35. The first-order valence-electron chi connectivity index (χ1n) is 9.84. The highest BCUT2D eigenvalue weighted by molar-refractivity contribution is 5.69. The van der Waals surface area contributed by atoms with Crippen LogP contribution in [0.2, 0.25) is 0 Å². The van der Waals surface area contributed by atoms with Crippen LogP contribution in [0.25, 0.3) is 0 Å². The van der Waals surface area contributed by atoms with Crippen LogP contribution in [-0.2, 0) is 10.3 Å². The molecular weight excluding hydrogens is 390 g/mol. The Labute approximate surface area is 173 Å². The lowest BCUT2D eigenvalue weighted by Crippen LogP contribution is -2.50. The summed E-state index contributed by atoms with van der Waals surface area (Å²) in [6, 6.07) is 10.4. The molecule has 4 rings (SSSR count). The zero-order valence-electron chi connectivity index (χ0n) is 16.3. The highest BCUT2D eigenvalue weighted by Crippen LogP contribution is 2.41. The van der Waals surface area contributed by atoms with Crippen LogP contribution in [0.4, 0.5) is 27.8 Å². The van der Waals surface area contributed by atoms with E-state index in [1.165, 1.54) is 6.07 Å². The van der Waals surface area contributed by atoms with Crippen molar-refractivity contribution in [1.29, 1.82) is 0 Å². The van der Waals surface area contributed by atoms with Gasteiger partial charge in [-0.2, -0.15) is 0 Å². The van der Waals surface area contributed by atoms with Crippen molar-refractivity contribution in [3.63, 3.8) is 0 Å². The van der Waals surface area contributed by atoms with Gasteiger partial charge >= 0.3 is 11.8 Å². The monoisotopic (exact) mass is 413 g/mol. The number of aromatic nitrogens is 1. The maximum Gasteiger partial charge on any atom is 0.405 e. The molecule has 1 aromatic carbocycles. The van der Waals surface area contributed by atoms with Crippen LogP contribution < -0.4 is 15.5 Å². The third-order valence-electron chi connectivity index (χ3n) is 5.64. The van der Waals surface area contributed by atoms with Crippen molar-refractivity contribution in [3.05, 3.63) is 52.1 Å². The van der Waals surface area contributed by atoms with Gasteiger partial charge in [0.25, 0.3) is 0 Å². The highest BCUT2D eigenvalue weighted by Gasteiger charge is 2.40. The molecule has 1 aliphatic heterocycles. The molecule has 2 aromatic rings. The zero-order chi connectivity index (χ0) is 21.1. The number of nitrogens with one attached hydrogen (secondary N) is 2. The third-order valence-corrected chi connectivity index (χ3v) is 5.64. The highest BCUT2D eigenvalue weighted by atomic mass is 16.6. The first-order valence-corrected chi connectivity index (χ1v) is 9.84. The smallest absolute Gasteiger partial charge is 0.405 e. The maximum absolute atomic E-state index is 11.5. The minimum Gasteiger partial charge on any atom is -0.465 e. The zero-order valence-corrected chi connectivity index (χ0v) is 16.3. The van der Waals surface area contributed by atoms with Gasteiger partial charge in [-0.25, -0.2) is 9.78 Å². The van der Waals surface area contributed by atoms with E-state index in [9.17, 15) is 14.9 Å². The lowest BCUT2D eigenvalue weighted by molar-refractivity contribution is -0.384. The number of anilines is 3. The van der Waals surface area contributed by atoms with Crippen molar-refractivity contribution in [2.24, 2.45) is 0 Å². The van der Waals surface area contributed by atoms with Gasteiger partial charge in [-0.3, -0.25) is 10.1 Å². The first kappa shape index (κ1) is 19.9. The van der Waals surface area contributed by atoms with E-state index in [4.69, 9.17) is 9.84 Å². The van der Waals surface area contributed by atoms with E-state index in [1.54, 1.807) is 18.2 Å². The van der Waals surface area contributed by atoms with Gasteiger partial charge < -0.3 is 25.4 Å². The average molecular weight is 413 g/mol. The van der Waals surface area contributed by atoms with Crippen molar-refractivity contribution in [3.8, 4) is 0 Å². The summed E-state index contributed by atoms with van der Waals surface area (Å²) in [5.74, 6) is 0.820. The number of hydrogen-bond acceptors (Lipinski definition) is 7. The van der Waals surface area contributed by atoms with Crippen LogP contribution >= 0.6 is 0 Å². The Balaban J connectivity index is 1.57. The molecule has 1 saturated heterocycles. The largest absolute Gasteiger partial charge is 0.465 e. The lowest BCUT2D eigenvalue weighted by atomic mass is 9.72. The molecule has 1 amide bonds. The van der Waals surface area contributed by atoms with E-state index in [0.29, 0.717) is 37.8 Å². The molecule has 2 fully saturated rings. The number of benzene rings is 1. The van der Waals surface area contributed by atoms with Gasteiger partial charge in [0.15, 0.2) is 0 Å². The molecule has 0 bridgehead atoms. The molecule has 10 heteroatoms. The van der Waals surface area contributed by atoms with Crippen molar-refractivity contribution >= 4 is 29.1 Å². The van der Waals surface area contributed by atoms with Crippen LogP contribution in [0, 0.1) is 10.1 Å². The van der Waals surface area contributed by atoms with E-state index < -0.39 is 16.6 Å². The first-order chi connectivity index (χ1) is 14.5. The Hall–Kier alpha value is -3.40. The molecule has 1 aliphatic carbocycles. The minimum atomic E-state index is -1.04. The molecule has 3 N–H and O–H groups in total. The van der Waals surface area contributed by atoms with Crippen molar-refractivity contribution < 1.29 is 19.6 Å². The summed E-state index contributed by atoms with van der Waals surface area (Å²) in [5, 5.41) is 26.3. The molecule has 2 aliphatic rings. The minimum absolute atomic E-state index is 0.112. The number of carboxylic acid groups (broad SMARTS) is 1. The molecule has 0 spiro atoms. The number of nitro groups is 1. The summed E-state index contributed by atoms with van der Waals surface area (Å²) >= 11 is 0. The Morgan fingerprint density at radius 2 is 1.87 bits per heavy atom. The summed E-state index contributed by atoms with van der Waals surface area (Å²) in [4.78, 5) is 28.6. The van der Waals surface area contributed by atoms with Crippen molar-refractivity contribution in [2.75, 3.05) is 36.5 Å². The fourth-order valence-corrected chi connectivity index (χ4v) is 3.88. The molecule has 158 valence electrons. The lowest BCUT2D eigenvalue weighted by Gasteiger charge is -2.42. The topological polar surface area (TPSA) is 130 Å². The van der Waals surface area contributed by atoms with Crippen molar-refractivity contribution in [1.82, 2.24) is 10.3 Å². The second-order valence-corrected chi connectivity index (χ2v) is 7.46. The van der Waals surface area contributed by atoms with Gasteiger partial charge in [0.2, 0.25) is 5.82 Å². The molecule has 2 heterocycles. The Morgan fingerprint density at radius 1 is 1.17 bits per heavy atom. The second-order valence-electron chi connectivity index (χ2n) is 7.46. The number of hydrogen-bond donors (Lipinski definition) is 3. The molecule has 0 atom stereocenters. The average Bonchev–Trinajstić information content (AvgIpc) is 2.72. The molecule has 0 radical (unpaired) electrons. The molecule has 1 saturated carbocycles. The van der Waals surface area contributed by atoms with Gasteiger partial charge in [-0.05, 0) is 43.0 Å². The summed E-state index contributed by atoms with van der Waals surface area (Å²) in [5.41, 5.74) is 0.855. The van der Waals surface area contributed by atoms with Gasteiger partial charge in [0, 0.05) is 24.8 Å². The van der Waals surface area contributed by atoms with E-state index in [0.717, 1.165) is 24.8 Å². The third kappa shape index (κ3) is 3.99. The quantitative estimate of drug-likeness (QED) is 0.486. The van der Waals surface area contributed by atoms with Gasteiger partial charge in [-0.1, -0.05) is 12.1 Å². The predicted molar refractivity (Wildman–Crippen MR) is 110 cm³/mol. The van der Waals surface area contributed by atoms with Crippen LogP contribution in [-0.4, -0.2) is 47.4 Å². The van der Waals surface area contributed by atoms with Crippen molar-refractivity contribution in [2.45, 2.75) is 24.8 Å². The number of ether oxygens (including phenoxy) is 1. The molecule has 0 unspecified atom stereocenters. The fourth-order valence-electron chi connectivity index (χ4n) is 3.88. The van der Waals surface area contributed by atoms with E-state index in [-0.39, 0.29) is 11.5 Å². The molecule has 30 heavy (non-hydrogen) atoms. The normalized spacial score (nSPS) is 17.7. The van der Waals surface area contributed by atoms with E-state index >= 15 is 0 Å². The number of rotatable bonds is 6. The van der Waals surface area contributed by atoms with Gasteiger partial charge in [0.1, 0.15) is 5.82 Å². The summed E-state index contributed by atoms with van der Waals surface area (Å²) in [6.07, 6.45) is 1.42. The Morgan fingerprint density at radius 3 is 2.43 bits per heavy atom. The Kier molecular flexibility index (Phi) is 5.40. The van der Waals surface area contributed by atoms with Crippen LogP contribution in [0.3, 0.4) is 0 Å². The van der Waals surface area contributed by atoms with Gasteiger partial charge in [0.05, 0.1) is 23.7 Å². The SMILES string of the molecule is O=C(O)NC1(c2ccc(Nc3nc(N4CCOCC4)ccc3[N+](=O)[O-])cc2)CCC1. The summed E-state index contributed by atoms with van der Waals surface area (Å²) in [6.45, 7) is 2.54. The number of pyridine rings is 1. The number of amides is 1. The van der Waals surface area contributed by atoms with Crippen LogP contribution in [0.1, 0.15) is 24.8 Å². The number of morpholine rings is 1. The van der Waals surface area contributed by atoms with Gasteiger partial charge in [-0.15, -0.1) is 0 Å². The van der Waals surface area contributed by atoms with E-state index in [2.05, 4.69) is 15.6 Å². The maximum atomic E-state index is 11.5. The standard InChI is InChI=1S/C20H23N5O5/c26-19(27)23-20(8-1-9-20)14-2-4-15(5-3-14)21-18-16(25(28)29)6-7-17(22-18)24-10-12-30-13-11-24/h2-7,23H,1,8-13H2,(H,21,22)(H,26,27). The predicted octanol–water partition coefficient (Wildman–Crippen LogP) is 3.22. The van der Waals surface area contributed by atoms with E-state index in [1.807, 2.05) is 17.0 Å². The molecule has 10 nitrogen and oxygen atoms in total. The number of nitrogens with zero attached hydrogens (tertiary/aromatic N) is 3. The van der Waals surface area contributed by atoms with Crippen LogP contribution in [0.15, 0.2) is 36.4 Å².